The molecule has 0 saturated heterocycles. The molecule has 2 N–H and O–H groups in total. The zero-order valence-corrected chi connectivity index (χ0v) is 12.3. The fraction of sp³-hybridized carbons (Fsp3) is 0.462. The Labute approximate surface area is 115 Å². The van der Waals surface area contributed by atoms with E-state index in [2.05, 4.69) is 15.9 Å². The normalized spacial score (nSPS) is 13.2. The van der Waals surface area contributed by atoms with E-state index in [1.807, 2.05) is 0 Å². The van der Waals surface area contributed by atoms with Crippen molar-refractivity contribution < 1.29 is 13.9 Å². The van der Waals surface area contributed by atoms with Crippen LogP contribution in [0.1, 0.15) is 26.3 Å². The van der Waals surface area contributed by atoms with E-state index in [1.54, 1.807) is 32.9 Å². The summed E-state index contributed by atoms with van der Waals surface area (Å²) in [7, 11) is 0. The second kappa shape index (κ2) is 5.80. The van der Waals surface area contributed by atoms with Gasteiger partial charge in [0, 0.05) is 0 Å². The Hall–Kier alpha value is -0.940. The van der Waals surface area contributed by atoms with Gasteiger partial charge in [0.05, 0.1) is 4.47 Å². The summed E-state index contributed by atoms with van der Waals surface area (Å²) in [6, 6.07) is 3.84. The van der Waals surface area contributed by atoms with Gasteiger partial charge < -0.3 is 10.5 Å². The Morgan fingerprint density at radius 1 is 1.50 bits per heavy atom. The largest absolute Gasteiger partial charge is 0.459 e. The van der Waals surface area contributed by atoms with E-state index in [0.29, 0.717) is 10.0 Å². The van der Waals surface area contributed by atoms with E-state index >= 15 is 0 Å². The average molecular weight is 318 g/mol. The number of hydrogen-bond donors (Lipinski definition) is 1. The summed E-state index contributed by atoms with van der Waals surface area (Å²) in [4.78, 5) is 11.7. The molecule has 0 aromatic heterocycles. The van der Waals surface area contributed by atoms with E-state index in [0.717, 1.165) is 0 Å². The van der Waals surface area contributed by atoms with Crippen molar-refractivity contribution in [2.24, 2.45) is 5.73 Å². The lowest BCUT2D eigenvalue weighted by Gasteiger charge is -2.22. The highest BCUT2D eigenvalue weighted by Gasteiger charge is 2.23. The van der Waals surface area contributed by atoms with Crippen molar-refractivity contribution in [1.29, 1.82) is 0 Å². The minimum atomic E-state index is -0.803. The highest BCUT2D eigenvalue weighted by molar-refractivity contribution is 9.10. The first kappa shape index (κ1) is 15.1. The summed E-state index contributed by atoms with van der Waals surface area (Å²) in [6.07, 6.45) is 0.229. The van der Waals surface area contributed by atoms with Gasteiger partial charge in [-0.25, -0.2) is 4.39 Å². The third kappa shape index (κ3) is 4.38. The number of carbonyl (C=O) groups is 1. The molecule has 3 nitrogen and oxygen atoms in total. The van der Waals surface area contributed by atoms with Crippen molar-refractivity contribution in [1.82, 2.24) is 0 Å². The summed E-state index contributed by atoms with van der Waals surface area (Å²) in [5, 5.41) is 0. The molecule has 100 valence electrons. The van der Waals surface area contributed by atoms with Crippen LogP contribution >= 0.6 is 15.9 Å². The van der Waals surface area contributed by atoms with Crippen molar-refractivity contribution >= 4 is 21.9 Å². The van der Waals surface area contributed by atoms with Gasteiger partial charge in [0.15, 0.2) is 0 Å². The molecule has 18 heavy (non-hydrogen) atoms. The smallest absolute Gasteiger partial charge is 0.323 e. The van der Waals surface area contributed by atoms with E-state index < -0.39 is 17.6 Å². The van der Waals surface area contributed by atoms with Crippen LogP contribution in [0.3, 0.4) is 0 Å². The fourth-order valence-electron chi connectivity index (χ4n) is 1.40. The molecule has 0 fully saturated rings. The maximum atomic E-state index is 13.3. The van der Waals surface area contributed by atoms with Crippen LogP contribution in [0.5, 0.6) is 0 Å². The van der Waals surface area contributed by atoms with Gasteiger partial charge in [-0.1, -0.05) is 12.1 Å². The van der Waals surface area contributed by atoms with E-state index in [1.165, 1.54) is 6.07 Å². The van der Waals surface area contributed by atoms with Gasteiger partial charge in [0.1, 0.15) is 17.5 Å². The average Bonchev–Trinajstić information content (AvgIpc) is 2.22. The van der Waals surface area contributed by atoms with Crippen LogP contribution in [0.4, 0.5) is 4.39 Å². The van der Waals surface area contributed by atoms with Gasteiger partial charge in [0.2, 0.25) is 0 Å². The fourth-order valence-corrected chi connectivity index (χ4v) is 1.83. The summed E-state index contributed by atoms with van der Waals surface area (Å²) in [6.45, 7) is 5.32. The zero-order valence-electron chi connectivity index (χ0n) is 10.7. The highest BCUT2D eigenvalue weighted by atomic mass is 79.9. The van der Waals surface area contributed by atoms with Crippen molar-refractivity contribution in [2.75, 3.05) is 0 Å². The van der Waals surface area contributed by atoms with Gasteiger partial charge >= 0.3 is 5.97 Å². The number of rotatable bonds is 3. The van der Waals surface area contributed by atoms with Gasteiger partial charge in [-0.15, -0.1) is 0 Å². The minimum Gasteiger partial charge on any atom is -0.459 e. The van der Waals surface area contributed by atoms with Gasteiger partial charge in [0.25, 0.3) is 0 Å². The van der Waals surface area contributed by atoms with Crippen LogP contribution in [0.25, 0.3) is 0 Å². The van der Waals surface area contributed by atoms with Crippen LogP contribution in [0.15, 0.2) is 22.7 Å². The predicted molar refractivity (Wildman–Crippen MR) is 71.6 cm³/mol. The molecule has 0 radical (unpaired) electrons. The number of carbonyl (C=O) groups excluding carboxylic acids is 1. The topological polar surface area (TPSA) is 52.3 Å². The number of halogens is 2. The Morgan fingerprint density at radius 2 is 2.11 bits per heavy atom. The van der Waals surface area contributed by atoms with Crippen LogP contribution in [-0.2, 0) is 16.0 Å². The lowest BCUT2D eigenvalue weighted by atomic mass is 10.1. The van der Waals surface area contributed by atoms with Crippen LogP contribution in [-0.4, -0.2) is 17.6 Å². The molecule has 1 unspecified atom stereocenters. The van der Waals surface area contributed by atoms with E-state index in [9.17, 15) is 9.18 Å². The van der Waals surface area contributed by atoms with Crippen molar-refractivity contribution in [3.8, 4) is 0 Å². The van der Waals surface area contributed by atoms with Crippen molar-refractivity contribution in [3.63, 3.8) is 0 Å². The van der Waals surface area contributed by atoms with Crippen LogP contribution < -0.4 is 5.73 Å². The number of hydrogen-bond acceptors (Lipinski definition) is 3. The van der Waals surface area contributed by atoms with Gasteiger partial charge in [-0.05, 0) is 54.8 Å². The first-order valence-corrected chi connectivity index (χ1v) is 6.41. The minimum absolute atomic E-state index is 0.229. The summed E-state index contributed by atoms with van der Waals surface area (Å²) in [5.74, 6) is -0.859. The highest BCUT2D eigenvalue weighted by Crippen LogP contribution is 2.22. The molecule has 0 aliphatic rings. The Balaban J connectivity index is 2.73. The molecule has 1 aromatic carbocycles. The number of nitrogens with two attached hydrogens (primary N) is 1. The van der Waals surface area contributed by atoms with E-state index in [4.69, 9.17) is 10.5 Å². The number of esters is 1. The Kier molecular flexibility index (Phi) is 4.87. The Morgan fingerprint density at radius 3 is 2.67 bits per heavy atom. The monoisotopic (exact) mass is 317 g/mol. The van der Waals surface area contributed by atoms with Gasteiger partial charge in [-0.2, -0.15) is 0 Å². The Bertz CT molecular complexity index is 443. The molecular weight excluding hydrogens is 301 g/mol. The summed E-state index contributed by atoms with van der Waals surface area (Å²) in [5.41, 5.74) is 5.83. The molecular formula is C13H17BrFNO2. The summed E-state index contributed by atoms with van der Waals surface area (Å²) < 4.78 is 18.8. The molecule has 1 atom stereocenters. The zero-order chi connectivity index (χ0) is 13.9. The molecule has 0 heterocycles. The molecule has 0 amide bonds. The standard InChI is InChI=1S/C13H17BrFNO2/c1-13(2,3)18-12(17)10(16)7-8-5-4-6-9(15)11(8)14/h4-6,10H,7,16H2,1-3H3. The second-order valence-electron chi connectivity index (χ2n) is 5.06. The molecule has 1 rings (SSSR count). The quantitative estimate of drug-likeness (QED) is 0.872. The third-order valence-corrected chi connectivity index (χ3v) is 3.07. The van der Waals surface area contributed by atoms with Gasteiger partial charge in [-0.3, -0.25) is 4.79 Å². The predicted octanol–water partition coefficient (Wildman–Crippen LogP) is 2.80. The number of ether oxygens (including phenoxy) is 1. The molecule has 0 spiro atoms. The lowest BCUT2D eigenvalue weighted by molar-refractivity contribution is -0.156. The lowest BCUT2D eigenvalue weighted by Crippen LogP contribution is -2.38. The second-order valence-corrected chi connectivity index (χ2v) is 5.85. The first-order chi connectivity index (χ1) is 8.20. The maximum absolute atomic E-state index is 13.3. The number of benzene rings is 1. The molecule has 1 aromatic rings. The molecule has 0 aliphatic heterocycles. The van der Waals surface area contributed by atoms with Crippen LogP contribution in [0, 0.1) is 5.82 Å². The molecule has 0 saturated carbocycles. The molecule has 0 aliphatic carbocycles. The SMILES string of the molecule is CC(C)(C)OC(=O)C(N)Cc1cccc(F)c1Br. The van der Waals surface area contributed by atoms with E-state index in [-0.39, 0.29) is 12.2 Å². The first-order valence-electron chi connectivity index (χ1n) is 5.62. The maximum Gasteiger partial charge on any atom is 0.323 e. The molecule has 5 heteroatoms. The van der Waals surface area contributed by atoms with Crippen LogP contribution in [0.2, 0.25) is 0 Å². The van der Waals surface area contributed by atoms with Crippen molar-refractivity contribution in [2.45, 2.75) is 38.8 Å². The molecule has 0 bridgehead atoms. The van der Waals surface area contributed by atoms with Crippen molar-refractivity contribution in [3.05, 3.63) is 34.1 Å². The third-order valence-electron chi connectivity index (χ3n) is 2.18. The summed E-state index contributed by atoms with van der Waals surface area (Å²) >= 11 is 3.14.